The minimum absolute atomic E-state index is 0.0107. The average molecular weight is 419 g/mol. The summed E-state index contributed by atoms with van der Waals surface area (Å²) in [7, 11) is -3.61. The van der Waals surface area contributed by atoms with Crippen molar-refractivity contribution in [2.45, 2.75) is 116 Å². The molecule has 0 spiro atoms. The van der Waals surface area contributed by atoms with Crippen molar-refractivity contribution in [1.82, 2.24) is 0 Å². The molecule has 27 heavy (non-hydrogen) atoms. The Morgan fingerprint density at radius 3 is 1.89 bits per heavy atom. The van der Waals surface area contributed by atoms with E-state index in [1.165, 1.54) is 0 Å². The Morgan fingerprint density at radius 1 is 0.926 bits per heavy atom. The molecular weight excluding hydrogens is 372 g/mol. The van der Waals surface area contributed by atoms with Crippen LogP contribution in [0.1, 0.15) is 61.3 Å². The van der Waals surface area contributed by atoms with Gasteiger partial charge in [0.2, 0.25) is 0 Å². The number of aliphatic hydroxyl groups is 1. The van der Waals surface area contributed by atoms with Gasteiger partial charge in [0.1, 0.15) is 6.10 Å². The summed E-state index contributed by atoms with van der Waals surface area (Å²) in [4.78, 5) is 0. The van der Waals surface area contributed by atoms with E-state index >= 15 is 0 Å². The van der Waals surface area contributed by atoms with Gasteiger partial charge in [0, 0.05) is 6.61 Å². The zero-order valence-corrected chi connectivity index (χ0v) is 21.8. The molecule has 1 heterocycles. The Hall–Kier alpha value is 0.274. The second kappa shape index (κ2) is 8.96. The maximum Gasteiger partial charge on any atom is 0.192 e. The molecule has 0 bridgehead atoms. The first kappa shape index (κ1) is 25.3. The lowest BCUT2D eigenvalue weighted by molar-refractivity contribution is -0.154. The minimum atomic E-state index is -1.88. The van der Waals surface area contributed by atoms with Crippen LogP contribution in [0.2, 0.25) is 36.3 Å². The standard InChI is InChI=1S/C21H46O4Si2/c1-16-14-18(25-27(10,11)21(5,6)7)19(15-22)24-17(16)12-13-23-26(8,9)20(2,3)4/h16-19,22H,12-15H2,1-11H3/t16-,17-,18-,19+/m0/s1. The smallest absolute Gasteiger partial charge is 0.192 e. The lowest BCUT2D eigenvalue weighted by Crippen LogP contribution is -2.53. The molecule has 4 nitrogen and oxygen atoms in total. The van der Waals surface area contributed by atoms with Crippen LogP contribution in [0.5, 0.6) is 0 Å². The van der Waals surface area contributed by atoms with Crippen molar-refractivity contribution < 1.29 is 18.7 Å². The van der Waals surface area contributed by atoms with Gasteiger partial charge in [-0.15, -0.1) is 0 Å². The van der Waals surface area contributed by atoms with Crippen LogP contribution in [-0.4, -0.2) is 53.3 Å². The van der Waals surface area contributed by atoms with Crippen molar-refractivity contribution in [3.63, 3.8) is 0 Å². The fourth-order valence-corrected chi connectivity index (χ4v) is 5.37. The van der Waals surface area contributed by atoms with Crippen LogP contribution in [0.4, 0.5) is 0 Å². The molecule has 1 fully saturated rings. The predicted molar refractivity (Wildman–Crippen MR) is 119 cm³/mol. The van der Waals surface area contributed by atoms with Crippen LogP contribution in [0.15, 0.2) is 0 Å². The van der Waals surface area contributed by atoms with Gasteiger partial charge in [-0.2, -0.15) is 0 Å². The third-order valence-electron chi connectivity index (χ3n) is 7.11. The van der Waals surface area contributed by atoms with E-state index < -0.39 is 16.6 Å². The van der Waals surface area contributed by atoms with Gasteiger partial charge in [-0.25, -0.2) is 0 Å². The molecule has 0 unspecified atom stereocenters. The van der Waals surface area contributed by atoms with Gasteiger partial charge in [0.05, 0.1) is 18.8 Å². The van der Waals surface area contributed by atoms with Crippen molar-refractivity contribution in [2.24, 2.45) is 5.92 Å². The van der Waals surface area contributed by atoms with Crippen LogP contribution in [0.25, 0.3) is 0 Å². The van der Waals surface area contributed by atoms with E-state index in [9.17, 15) is 5.11 Å². The summed E-state index contributed by atoms with van der Waals surface area (Å²) in [6.45, 7) is 25.7. The van der Waals surface area contributed by atoms with Crippen molar-refractivity contribution in [2.75, 3.05) is 13.2 Å². The molecule has 1 saturated heterocycles. The first-order valence-corrected chi connectivity index (χ1v) is 16.4. The lowest BCUT2D eigenvalue weighted by Gasteiger charge is -2.46. The fraction of sp³-hybridized carbons (Fsp3) is 1.00. The SMILES string of the molecule is C[C@H]1C[C@H](O[Si](C)(C)C(C)(C)C)[C@@H](CO)O[C@H]1CCO[Si](C)(C)C(C)(C)C. The van der Waals surface area contributed by atoms with Gasteiger partial charge in [-0.1, -0.05) is 48.5 Å². The summed E-state index contributed by atoms with van der Waals surface area (Å²) in [5, 5.41) is 10.3. The highest BCUT2D eigenvalue weighted by Gasteiger charge is 2.44. The van der Waals surface area contributed by atoms with Crippen molar-refractivity contribution in [3.8, 4) is 0 Å². The summed E-state index contributed by atoms with van der Waals surface area (Å²) in [5.41, 5.74) is 0. The monoisotopic (exact) mass is 418 g/mol. The fourth-order valence-electron chi connectivity index (χ4n) is 2.96. The molecule has 1 aliphatic heterocycles. The summed E-state index contributed by atoms with van der Waals surface area (Å²) in [5.74, 6) is 0.408. The highest BCUT2D eigenvalue weighted by Crippen LogP contribution is 2.40. The number of hydrogen-bond acceptors (Lipinski definition) is 4. The molecule has 162 valence electrons. The Labute approximate surface area is 170 Å². The summed E-state index contributed by atoms with van der Waals surface area (Å²) >= 11 is 0. The first-order valence-electron chi connectivity index (χ1n) is 10.6. The topological polar surface area (TPSA) is 47.9 Å². The molecule has 0 aliphatic carbocycles. The number of ether oxygens (including phenoxy) is 1. The minimum Gasteiger partial charge on any atom is -0.417 e. The van der Waals surface area contributed by atoms with Crippen LogP contribution in [0, 0.1) is 5.92 Å². The maximum absolute atomic E-state index is 9.91. The second-order valence-corrected chi connectivity index (χ2v) is 21.0. The molecule has 0 aromatic carbocycles. The Bertz CT molecular complexity index is 466. The van der Waals surface area contributed by atoms with Gasteiger partial charge in [-0.3, -0.25) is 0 Å². The number of rotatable bonds is 7. The third kappa shape index (κ3) is 6.64. The summed E-state index contributed by atoms with van der Waals surface area (Å²) in [6, 6.07) is 0. The van der Waals surface area contributed by atoms with E-state index in [2.05, 4.69) is 74.7 Å². The Morgan fingerprint density at radius 2 is 1.44 bits per heavy atom. The van der Waals surface area contributed by atoms with E-state index in [0.29, 0.717) is 5.92 Å². The normalized spacial score (nSPS) is 28.4. The van der Waals surface area contributed by atoms with Gasteiger partial charge < -0.3 is 18.7 Å². The van der Waals surface area contributed by atoms with Crippen LogP contribution in [0.3, 0.4) is 0 Å². The lowest BCUT2D eigenvalue weighted by atomic mass is 9.90. The quantitative estimate of drug-likeness (QED) is 0.549. The largest absolute Gasteiger partial charge is 0.417 e. The molecule has 0 saturated carbocycles. The van der Waals surface area contributed by atoms with E-state index in [0.717, 1.165) is 19.4 Å². The van der Waals surface area contributed by atoms with Crippen molar-refractivity contribution >= 4 is 16.6 Å². The zero-order chi connectivity index (χ0) is 21.3. The van der Waals surface area contributed by atoms with Crippen molar-refractivity contribution in [3.05, 3.63) is 0 Å². The molecule has 1 N–H and O–H groups in total. The van der Waals surface area contributed by atoms with Gasteiger partial charge >= 0.3 is 0 Å². The average Bonchev–Trinajstić information content (AvgIpc) is 2.46. The van der Waals surface area contributed by atoms with E-state index in [1.54, 1.807) is 0 Å². The van der Waals surface area contributed by atoms with Gasteiger partial charge in [-0.05, 0) is 55.0 Å². The molecular formula is C21H46O4Si2. The second-order valence-electron chi connectivity index (χ2n) is 11.4. The van der Waals surface area contributed by atoms with E-state index in [4.69, 9.17) is 13.6 Å². The Kier molecular flexibility index (Phi) is 8.40. The Balaban J connectivity index is 2.67. The third-order valence-corrected chi connectivity index (χ3v) is 16.1. The molecule has 0 amide bonds. The number of aliphatic hydroxyl groups excluding tert-OH is 1. The summed E-state index contributed by atoms with van der Waals surface area (Å²) in [6.07, 6.45) is 1.72. The molecule has 0 aromatic heterocycles. The molecule has 0 aromatic rings. The molecule has 1 aliphatic rings. The van der Waals surface area contributed by atoms with Crippen LogP contribution >= 0.6 is 0 Å². The molecule has 0 radical (unpaired) electrons. The van der Waals surface area contributed by atoms with Crippen molar-refractivity contribution in [1.29, 1.82) is 0 Å². The zero-order valence-electron chi connectivity index (χ0n) is 19.8. The van der Waals surface area contributed by atoms with Gasteiger partial charge in [0.15, 0.2) is 16.6 Å². The highest BCUT2D eigenvalue weighted by atomic mass is 28.4. The van der Waals surface area contributed by atoms with E-state index in [-0.39, 0.29) is 35.0 Å². The molecule has 1 rings (SSSR count). The predicted octanol–water partition coefficient (Wildman–Crippen LogP) is 5.57. The summed E-state index contributed by atoms with van der Waals surface area (Å²) < 4.78 is 19.2. The maximum atomic E-state index is 9.91. The van der Waals surface area contributed by atoms with Crippen LogP contribution < -0.4 is 0 Å². The first-order chi connectivity index (χ1) is 12.0. The van der Waals surface area contributed by atoms with Crippen LogP contribution in [-0.2, 0) is 13.6 Å². The van der Waals surface area contributed by atoms with E-state index in [1.807, 2.05) is 0 Å². The van der Waals surface area contributed by atoms with Gasteiger partial charge in [0.25, 0.3) is 0 Å². The molecule has 4 atom stereocenters. The number of hydrogen-bond donors (Lipinski definition) is 1. The molecule has 6 heteroatoms. The highest BCUT2D eigenvalue weighted by molar-refractivity contribution is 6.74.